The molecule has 11 heteroatoms. The summed E-state index contributed by atoms with van der Waals surface area (Å²) in [5.41, 5.74) is -3.25. The third-order valence-corrected chi connectivity index (χ3v) is 4.22. The average Bonchev–Trinajstić information content (AvgIpc) is 2.66. The molecule has 4 nitrogen and oxygen atoms in total. The first kappa shape index (κ1) is 23.2. The van der Waals surface area contributed by atoms with Crippen molar-refractivity contribution in [2.24, 2.45) is 5.41 Å². The van der Waals surface area contributed by atoms with Crippen molar-refractivity contribution in [1.29, 1.82) is 0 Å². The number of rotatable bonds is 5. The summed E-state index contributed by atoms with van der Waals surface area (Å²) in [4.78, 5) is 23.9. The molecule has 0 unspecified atom stereocenters. The molecule has 0 radical (unpaired) electrons. The van der Waals surface area contributed by atoms with Gasteiger partial charge in [0, 0.05) is 12.1 Å². The van der Waals surface area contributed by atoms with Crippen molar-refractivity contribution in [2.45, 2.75) is 27.2 Å². The van der Waals surface area contributed by atoms with Gasteiger partial charge in [-0.1, -0.05) is 6.92 Å². The fourth-order valence-electron chi connectivity index (χ4n) is 2.03. The lowest BCUT2D eigenvalue weighted by molar-refractivity contribution is -0.144. The quantitative estimate of drug-likeness (QED) is 0.278. The maximum atomic E-state index is 14.2. The van der Waals surface area contributed by atoms with Crippen LogP contribution in [-0.2, 0) is 4.79 Å². The summed E-state index contributed by atoms with van der Waals surface area (Å²) < 4.78 is 105. The standard InChI is InChI=1S/C19H13F7O4/c1-4-19(2,3)18(28)30-16-13(25)11(23)10(12(24)14(16)26)17(27)29-15-8(21)5-7(20)6-9(15)22/h5-6H,4H2,1-3H3. The molecule has 0 saturated heterocycles. The molecule has 0 aromatic heterocycles. The minimum atomic E-state index is -2.33. The lowest BCUT2D eigenvalue weighted by atomic mass is 9.91. The molecule has 2 aromatic carbocycles. The molecular formula is C19H13F7O4. The van der Waals surface area contributed by atoms with Crippen molar-refractivity contribution in [3.05, 3.63) is 58.4 Å². The van der Waals surface area contributed by atoms with Gasteiger partial charge in [0.15, 0.2) is 23.3 Å². The van der Waals surface area contributed by atoms with E-state index in [9.17, 15) is 40.3 Å². The molecule has 0 bridgehead atoms. The Labute approximate surface area is 165 Å². The van der Waals surface area contributed by atoms with Crippen LogP contribution in [0, 0.1) is 46.1 Å². The van der Waals surface area contributed by atoms with Crippen molar-refractivity contribution in [3.63, 3.8) is 0 Å². The van der Waals surface area contributed by atoms with Gasteiger partial charge < -0.3 is 9.47 Å². The van der Waals surface area contributed by atoms with E-state index in [0.717, 1.165) is 0 Å². The van der Waals surface area contributed by atoms with Crippen molar-refractivity contribution in [2.75, 3.05) is 0 Å². The molecule has 30 heavy (non-hydrogen) atoms. The minimum absolute atomic E-state index is 0.0948. The fourth-order valence-corrected chi connectivity index (χ4v) is 2.03. The molecule has 0 atom stereocenters. The van der Waals surface area contributed by atoms with Crippen LogP contribution < -0.4 is 9.47 Å². The zero-order valence-electron chi connectivity index (χ0n) is 15.6. The van der Waals surface area contributed by atoms with Crippen LogP contribution in [0.2, 0.25) is 0 Å². The van der Waals surface area contributed by atoms with Gasteiger partial charge in [-0.05, 0) is 20.3 Å². The first-order valence-electron chi connectivity index (χ1n) is 8.26. The second-order valence-electron chi connectivity index (χ2n) is 6.68. The van der Waals surface area contributed by atoms with Crippen LogP contribution in [0.3, 0.4) is 0 Å². The van der Waals surface area contributed by atoms with Gasteiger partial charge >= 0.3 is 11.9 Å². The van der Waals surface area contributed by atoms with E-state index in [0.29, 0.717) is 0 Å². The third kappa shape index (κ3) is 4.24. The van der Waals surface area contributed by atoms with Crippen LogP contribution in [0.1, 0.15) is 37.6 Å². The smallest absolute Gasteiger partial charge is 0.349 e. The molecule has 0 aliphatic rings. The summed E-state index contributed by atoms with van der Waals surface area (Å²) in [5, 5.41) is 0. The highest BCUT2D eigenvalue weighted by atomic mass is 19.2. The summed E-state index contributed by atoms with van der Waals surface area (Å²) >= 11 is 0. The molecule has 162 valence electrons. The Morgan fingerprint density at radius 2 is 1.27 bits per heavy atom. The molecule has 0 N–H and O–H groups in total. The predicted octanol–water partition coefficient (Wildman–Crippen LogP) is 5.22. The topological polar surface area (TPSA) is 52.6 Å². The van der Waals surface area contributed by atoms with Crippen LogP contribution >= 0.6 is 0 Å². The molecule has 0 aliphatic carbocycles. The second kappa shape index (κ2) is 8.33. The number of hydrogen-bond acceptors (Lipinski definition) is 4. The predicted molar refractivity (Wildman–Crippen MR) is 87.3 cm³/mol. The normalized spacial score (nSPS) is 11.4. The maximum absolute atomic E-state index is 14.2. The zero-order valence-corrected chi connectivity index (χ0v) is 15.6. The first-order valence-corrected chi connectivity index (χ1v) is 8.26. The third-order valence-electron chi connectivity index (χ3n) is 4.22. The van der Waals surface area contributed by atoms with Crippen molar-refractivity contribution < 1.29 is 49.8 Å². The fraction of sp³-hybridized carbons (Fsp3) is 0.263. The zero-order chi connectivity index (χ0) is 23.0. The van der Waals surface area contributed by atoms with E-state index >= 15 is 0 Å². The van der Waals surface area contributed by atoms with Gasteiger partial charge in [0.25, 0.3) is 0 Å². The Kier molecular flexibility index (Phi) is 6.43. The van der Waals surface area contributed by atoms with Crippen molar-refractivity contribution >= 4 is 11.9 Å². The number of hydrogen-bond donors (Lipinski definition) is 0. The van der Waals surface area contributed by atoms with Gasteiger partial charge in [0.05, 0.1) is 5.41 Å². The minimum Gasteiger partial charge on any atom is -0.420 e. The number of carbonyl (C=O) groups is 2. The SMILES string of the molecule is CCC(C)(C)C(=O)Oc1c(F)c(F)c(C(=O)Oc2c(F)cc(F)cc2F)c(F)c1F. The highest BCUT2D eigenvalue weighted by Crippen LogP contribution is 2.33. The summed E-state index contributed by atoms with van der Waals surface area (Å²) in [7, 11) is 0. The molecule has 0 saturated carbocycles. The number of carbonyl (C=O) groups excluding carboxylic acids is 2. The van der Waals surface area contributed by atoms with E-state index in [1.54, 1.807) is 6.92 Å². The van der Waals surface area contributed by atoms with Gasteiger partial charge in [-0.3, -0.25) is 4.79 Å². The molecule has 0 spiro atoms. The number of ether oxygens (including phenoxy) is 2. The number of esters is 2. The van der Waals surface area contributed by atoms with Gasteiger partial charge in [-0.15, -0.1) is 0 Å². The molecule has 0 amide bonds. The Hall–Kier alpha value is -3.11. The van der Waals surface area contributed by atoms with Crippen LogP contribution in [0.5, 0.6) is 11.5 Å². The molecule has 2 rings (SSSR count). The Bertz CT molecular complexity index is 982. The van der Waals surface area contributed by atoms with E-state index < -0.39 is 75.1 Å². The largest absolute Gasteiger partial charge is 0.420 e. The maximum Gasteiger partial charge on any atom is 0.349 e. The van der Waals surface area contributed by atoms with Gasteiger partial charge in [0.1, 0.15) is 11.4 Å². The monoisotopic (exact) mass is 438 g/mol. The molecule has 0 fully saturated rings. The first-order chi connectivity index (χ1) is 13.8. The lowest BCUT2D eigenvalue weighted by Crippen LogP contribution is -2.29. The van der Waals surface area contributed by atoms with E-state index in [1.807, 2.05) is 0 Å². The summed E-state index contributed by atoms with van der Waals surface area (Å²) in [5.74, 6) is -20.8. The van der Waals surface area contributed by atoms with Gasteiger partial charge in [-0.2, -0.15) is 8.78 Å². The number of benzene rings is 2. The van der Waals surface area contributed by atoms with E-state index in [2.05, 4.69) is 9.47 Å². The second-order valence-corrected chi connectivity index (χ2v) is 6.68. The summed E-state index contributed by atoms with van der Waals surface area (Å²) in [6, 6.07) is 0.190. The van der Waals surface area contributed by atoms with Crippen molar-refractivity contribution in [1.82, 2.24) is 0 Å². The van der Waals surface area contributed by atoms with Crippen LogP contribution in [-0.4, -0.2) is 11.9 Å². The summed E-state index contributed by atoms with van der Waals surface area (Å²) in [6.07, 6.45) is 0.152. The average molecular weight is 438 g/mol. The van der Waals surface area contributed by atoms with E-state index in [1.165, 1.54) is 13.8 Å². The highest BCUT2D eigenvalue weighted by Gasteiger charge is 2.36. The summed E-state index contributed by atoms with van der Waals surface area (Å²) in [6.45, 7) is 4.23. The Morgan fingerprint density at radius 1 is 0.800 bits per heavy atom. The highest BCUT2D eigenvalue weighted by molar-refractivity contribution is 5.92. The molecule has 0 aliphatic heterocycles. The molecule has 2 aromatic rings. The number of halogens is 7. The van der Waals surface area contributed by atoms with Crippen molar-refractivity contribution in [3.8, 4) is 11.5 Å². The van der Waals surface area contributed by atoms with Gasteiger partial charge in [0.2, 0.25) is 23.1 Å². The van der Waals surface area contributed by atoms with Crippen LogP contribution in [0.15, 0.2) is 12.1 Å². The Morgan fingerprint density at radius 3 is 1.70 bits per heavy atom. The molecule has 0 heterocycles. The van der Waals surface area contributed by atoms with Crippen LogP contribution in [0.4, 0.5) is 30.7 Å². The van der Waals surface area contributed by atoms with Gasteiger partial charge in [-0.25, -0.2) is 26.7 Å². The lowest BCUT2D eigenvalue weighted by Gasteiger charge is -2.21. The molecular weight excluding hydrogens is 425 g/mol. The Balaban J connectivity index is 2.49. The van der Waals surface area contributed by atoms with E-state index in [-0.39, 0.29) is 18.6 Å². The van der Waals surface area contributed by atoms with E-state index in [4.69, 9.17) is 0 Å². The van der Waals surface area contributed by atoms with Crippen LogP contribution in [0.25, 0.3) is 0 Å².